The maximum absolute atomic E-state index is 9.89. The van der Waals surface area contributed by atoms with Gasteiger partial charge in [0.2, 0.25) is 0 Å². The summed E-state index contributed by atoms with van der Waals surface area (Å²) in [7, 11) is 0. The maximum atomic E-state index is 9.89. The van der Waals surface area contributed by atoms with E-state index in [4.69, 9.17) is 0 Å². The fourth-order valence-corrected chi connectivity index (χ4v) is 3.62. The van der Waals surface area contributed by atoms with Crippen LogP contribution in [0, 0.1) is 19.8 Å². The molecule has 0 amide bonds. The van der Waals surface area contributed by atoms with Crippen molar-refractivity contribution in [3.8, 4) is 0 Å². The Bertz CT molecular complexity index is 361. The van der Waals surface area contributed by atoms with Crippen LogP contribution in [-0.2, 0) is 6.54 Å². The van der Waals surface area contributed by atoms with Gasteiger partial charge in [-0.05, 0) is 44.2 Å². The van der Waals surface area contributed by atoms with Crippen LogP contribution in [0.4, 0.5) is 0 Å². The summed E-state index contributed by atoms with van der Waals surface area (Å²) in [5.74, 6) is 0.462. The van der Waals surface area contributed by atoms with Crippen molar-refractivity contribution in [1.82, 2.24) is 5.32 Å². The number of hydrogen-bond acceptors (Lipinski definition) is 3. The number of thiophene rings is 1. The van der Waals surface area contributed by atoms with Crippen LogP contribution >= 0.6 is 11.3 Å². The standard InChI is InChI=1S/C14H23NOS/c1-10-7-13(11(2)17-10)9-15-8-12-5-3-4-6-14(12)16/h7,12,14-16H,3-6,8-9H2,1-2H3. The molecule has 0 bridgehead atoms. The van der Waals surface area contributed by atoms with E-state index in [-0.39, 0.29) is 6.10 Å². The van der Waals surface area contributed by atoms with Crippen molar-refractivity contribution in [3.63, 3.8) is 0 Å². The minimum Gasteiger partial charge on any atom is -0.393 e. The smallest absolute Gasteiger partial charge is 0.0580 e. The van der Waals surface area contributed by atoms with Crippen molar-refractivity contribution in [3.05, 3.63) is 21.4 Å². The van der Waals surface area contributed by atoms with E-state index in [9.17, 15) is 5.11 Å². The Labute approximate surface area is 108 Å². The monoisotopic (exact) mass is 253 g/mol. The zero-order chi connectivity index (χ0) is 12.3. The average Bonchev–Trinajstić information content (AvgIpc) is 2.60. The minimum atomic E-state index is -0.0819. The van der Waals surface area contributed by atoms with Crippen LogP contribution < -0.4 is 5.32 Å². The Hall–Kier alpha value is -0.380. The van der Waals surface area contributed by atoms with Gasteiger partial charge in [0, 0.05) is 22.8 Å². The Kier molecular flexibility index (Phi) is 4.60. The molecule has 2 rings (SSSR count). The molecule has 1 aliphatic rings. The molecule has 0 aliphatic heterocycles. The van der Waals surface area contributed by atoms with E-state index in [2.05, 4.69) is 25.2 Å². The first-order valence-corrected chi connectivity index (χ1v) is 7.43. The van der Waals surface area contributed by atoms with Crippen molar-refractivity contribution in [2.75, 3.05) is 6.54 Å². The highest BCUT2D eigenvalue weighted by molar-refractivity contribution is 7.12. The normalized spacial score (nSPS) is 25.1. The summed E-state index contributed by atoms with van der Waals surface area (Å²) >= 11 is 1.87. The molecule has 0 aromatic carbocycles. The molecule has 2 nitrogen and oxygen atoms in total. The predicted octanol–water partition coefficient (Wildman–Crippen LogP) is 3.01. The Morgan fingerprint density at radius 1 is 1.35 bits per heavy atom. The third-order valence-corrected chi connectivity index (χ3v) is 4.74. The van der Waals surface area contributed by atoms with E-state index >= 15 is 0 Å². The van der Waals surface area contributed by atoms with E-state index in [0.29, 0.717) is 5.92 Å². The molecule has 0 spiro atoms. The van der Waals surface area contributed by atoms with Crippen LogP contribution in [0.5, 0.6) is 0 Å². The first kappa shape index (κ1) is 13.1. The van der Waals surface area contributed by atoms with Crippen LogP contribution in [0.1, 0.15) is 41.0 Å². The van der Waals surface area contributed by atoms with Gasteiger partial charge in [0.15, 0.2) is 0 Å². The molecule has 3 heteroatoms. The lowest BCUT2D eigenvalue weighted by Gasteiger charge is -2.27. The molecule has 2 N–H and O–H groups in total. The quantitative estimate of drug-likeness (QED) is 0.864. The van der Waals surface area contributed by atoms with Gasteiger partial charge in [-0.25, -0.2) is 0 Å². The van der Waals surface area contributed by atoms with Crippen molar-refractivity contribution >= 4 is 11.3 Å². The zero-order valence-electron chi connectivity index (χ0n) is 10.8. The van der Waals surface area contributed by atoms with E-state index < -0.39 is 0 Å². The van der Waals surface area contributed by atoms with E-state index in [1.54, 1.807) is 0 Å². The molecule has 96 valence electrons. The summed E-state index contributed by atoms with van der Waals surface area (Å²) in [6.07, 6.45) is 4.56. The topological polar surface area (TPSA) is 32.3 Å². The summed E-state index contributed by atoms with van der Waals surface area (Å²) in [5, 5.41) is 13.4. The second-order valence-corrected chi connectivity index (χ2v) is 6.64. The van der Waals surface area contributed by atoms with Gasteiger partial charge in [-0.3, -0.25) is 0 Å². The Balaban J connectivity index is 1.77. The first-order chi connectivity index (χ1) is 8.16. The highest BCUT2D eigenvalue weighted by atomic mass is 32.1. The minimum absolute atomic E-state index is 0.0819. The van der Waals surface area contributed by atoms with Gasteiger partial charge in [0.05, 0.1) is 6.10 Å². The van der Waals surface area contributed by atoms with E-state index in [1.807, 2.05) is 11.3 Å². The molecule has 2 unspecified atom stereocenters. The van der Waals surface area contributed by atoms with Gasteiger partial charge < -0.3 is 10.4 Å². The van der Waals surface area contributed by atoms with Crippen molar-refractivity contribution in [1.29, 1.82) is 0 Å². The SMILES string of the molecule is Cc1cc(CNCC2CCCCC2O)c(C)s1. The molecule has 0 saturated heterocycles. The number of nitrogens with one attached hydrogen (secondary N) is 1. The zero-order valence-corrected chi connectivity index (χ0v) is 11.6. The molecule has 1 aromatic heterocycles. The van der Waals surface area contributed by atoms with Crippen LogP contribution in [-0.4, -0.2) is 17.8 Å². The van der Waals surface area contributed by atoms with Gasteiger partial charge in [-0.15, -0.1) is 11.3 Å². The number of aliphatic hydroxyl groups is 1. The molecule has 1 heterocycles. The van der Waals surface area contributed by atoms with Crippen LogP contribution in [0.3, 0.4) is 0 Å². The molecular weight excluding hydrogens is 230 g/mol. The largest absolute Gasteiger partial charge is 0.393 e. The third kappa shape index (κ3) is 3.54. The Morgan fingerprint density at radius 2 is 2.12 bits per heavy atom. The summed E-state index contributed by atoms with van der Waals surface area (Å²) in [5.41, 5.74) is 1.41. The highest BCUT2D eigenvalue weighted by Crippen LogP contribution is 2.24. The number of rotatable bonds is 4. The first-order valence-electron chi connectivity index (χ1n) is 6.61. The maximum Gasteiger partial charge on any atom is 0.0580 e. The second-order valence-electron chi connectivity index (χ2n) is 5.18. The molecule has 1 saturated carbocycles. The van der Waals surface area contributed by atoms with Crippen LogP contribution in [0.15, 0.2) is 6.07 Å². The van der Waals surface area contributed by atoms with Crippen molar-refractivity contribution in [2.24, 2.45) is 5.92 Å². The lowest BCUT2D eigenvalue weighted by molar-refractivity contribution is 0.0695. The van der Waals surface area contributed by atoms with Gasteiger partial charge in [0.1, 0.15) is 0 Å². The lowest BCUT2D eigenvalue weighted by atomic mass is 9.86. The van der Waals surface area contributed by atoms with Crippen LogP contribution in [0.2, 0.25) is 0 Å². The fraction of sp³-hybridized carbons (Fsp3) is 0.714. The number of hydrogen-bond donors (Lipinski definition) is 2. The molecule has 1 fully saturated rings. The van der Waals surface area contributed by atoms with Crippen molar-refractivity contribution < 1.29 is 5.11 Å². The van der Waals surface area contributed by atoms with Crippen LogP contribution in [0.25, 0.3) is 0 Å². The lowest BCUT2D eigenvalue weighted by Crippen LogP contribution is -2.33. The molecule has 1 aliphatic carbocycles. The molecular formula is C14H23NOS. The molecule has 1 aromatic rings. The second kappa shape index (κ2) is 5.98. The number of aliphatic hydroxyl groups excluding tert-OH is 1. The molecule has 0 radical (unpaired) electrons. The number of aryl methyl sites for hydroxylation is 2. The molecule has 2 atom stereocenters. The highest BCUT2D eigenvalue weighted by Gasteiger charge is 2.22. The Morgan fingerprint density at radius 3 is 2.76 bits per heavy atom. The van der Waals surface area contributed by atoms with Crippen molar-refractivity contribution in [2.45, 2.75) is 52.2 Å². The third-order valence-electron chi connectivity index (χ3n) is 3.73. The molecule has 17 heavy (non-hydrogen) atoms. The summed E-state index contributed by atoms with van der Waals surface area (Å²) in [4.78, 5) is 2.80. The van der Waals surface area contributed by atoms with Gasteiger partial charge in [-0.1, -0.05) is 12.8 Å². The fourth-order valence-electron chi connectivity index (χ4n) is 2.68. The van der Waals surface area contributed by atoms with Gasteiger partial charge in [-0.2, -0.15) is 0 Å². The average molecular weight is 253 g/mol. The predicted molar refractivity (Wildman–Crippen MR) is 73.5 cm³/mol. The summed E-state index contributed by atoms with van der Waals surface area (Å²) in [6.45, 7) is 6.24. The summed E-state index contributed by atoms with van der Waals surface area (Å²) in [6, 6.07) is 2.27. The van der Waals surface area contributed by atoms with Gasteiger partial charge in [0.25, 0.3) is 0 Å². The van der Waals surface area contributed by atoms with E-state index in [1.165, 1.54) is 34.6 Å². The van der Waals surface area contributed by atoms with Gasteiger partial charge >= 0.3 is 0 Å². The van der Waals surface area contributed by atoms with E-state index in [0.717, 1.165) is 19.5 Å². The summed E-state index contributed by atoms with van der Waals surface area (Å²) < 4.78 is 0.